The lowest BCUT2D eigenvalue weighted by Crippen LogP contribution is -2.36. The smallest absolute Gasteiger partial charge is 0.309 e. The van der Waals surface area contributed by atoms with Crippen LogP contribution in [-0.4, -0.2) is 12.6 Å². The van der Waals surface area contributed by atoms with Gasteiger partial charge in [-0.2, -0.15) is 0 Å². The Kier molecular flexibility index (Phi) is 1.67. The molecule has 2 atom stereocenters. The molecule has 1 saturated heterocycles. The number of ether oxygens (including phenoxy) is 1. The van der Waals surface area contributed by atoms with Crippen molar-refractivity contribution < 1.29 is 9.53 Å². The number of hydrogen-bond acceptors (Lipinski definition) is 2. The molecular formula is C10H16O2. The summed E-state index contributed by atoms with van der Waals surface area (Å²) in [6, 6.07) is 0. The summed E-state index contributed by atoms with van der Waals surface area (Å²) in [6.07, 6.45) is 3.48. The van der Waals surface area contributed by atoms with Crippen molar-refractivity contribution in [2.75, 3.05) is 6.61 Å². The average Bonchev–Trinajstić information content (AvgIpc) is 2.29. The fourth-order valence-electron chi connectivity index (χ4n) is 2.74. The van der Waals surface area contributed by atoms with Crippen LogP contribution < -0.4 is 0 Å². The van der Waals surface area contributed by atoms with Gasteiger partial charge in [-0.25, -0.2) is 0 Å². The fourth-order valence-corrected chi connectivity index (χ4v) is 2.74. The molecule has 2 heteroatoms. The van der Waals surface area contributed by atoms with Crippen LogP contribution in [0.25, 0.3) is 0 Å². The van der Waals surface area contributed by atoms with Crippen molar-refractivity contribution in [3.05, 3.63) is 0 Å². The summed E-state index contributed by atoms with van der Waals surface area (Å²) in [7, 11) is 0. The van der Waals surface area contributed by atoms with E-state index >= 15 is 0 Å². The molecule has 0 N–H and O–H groups in total. The highest BCUT2D eigenvalue weighted by atomic mass is 16.5. The molecule has 12 heavy (non-hydrogen) atoms. The lowest BCUT2D eigenvalue weighted by molar-refractivity contribution is -0.159. The van der Waals surface area contributed by atoms with E-state index < -0.39 is 0 Å². The molecular weight excluding hydrogens is 152 g/mol. The van der Waals surface area contributed by atoms with Crippen LogP contribution in [0.5, 0.6) is 0 Å². The monoisotopic (exact) mass is 168 g/mol. The summed E-state index contributed by atoms with van der Waals surface area (Å²) in [4.78, 5) is 11.5. The van der Waals surface area contributed by atoms with Gasteiger partial charge in [0.2, 0.25) is 0 Å². The molecule has 1 aliphatic heterocycles. The second-order valence-electron chi connectivity index (χ2n) is 4.72. The molecule has 2 nitrogen and oxygen atoms in total. The number of carbonyl (C=O) groups is 1. The first-order valence-corrected chi connectivity index (χ1v) is 4.78. The molecule has 1 aliphatic carbocycles. The van der Waals surface area contributed by atoms with Gasteiger partial charge in [0, 0.05) is 0 Å². The zero-order valence-electron chi connectivity index (χ0n) is 7.80. The maximum absolute atomic E-state index is 11.5. The molecule has 2 unspecified atom stereocenters. The number of carbonyl (C=O) groups excluding carboxylic acids is 1. The third kappa shape index (κ3) is 1.05. The highest BCUT2D eigenvalue weighted by Gasteiger charge is 2.48. The van der Waals surface area contributed by atoms with Gasteiger partial charge in [0.05, 0.1) is 12.5 Å². The Morgan fingerprint density at radius 2 is 2.17 bits per heavy atom. The second kappa shape index (κ2) is 2.48. The Bertz CT molecular complexity index is 208. The Morgan fingerprint density at radius 1 is 1.42 bits per heavy atom. The standard InChI is InChI=1S/C10H16O2/c1-10(2)5-3-7-4-6-12-9(11)8(7)10/h7-8H,3-6H2,1-2H3. The van der Waals surface area contributed by atoms with Crippen LogP contribution in [0.1, 0.15) is 33.1 Å². The Labute approximate surface area is 73.3 Å². The fraction of sp³-hybridized carbons (Fsp3) is 0.900. The molecule has 0 radical (unpaired) electrons. The van der Waals surface area contributed by atoms with E-state index in [0.29, 0.717) is 12.5 Å². The average molecular weight is 168 g/mol. The van der Waals surface area contributed by atoms with E-state index in [2.05, 4.69) is 13.8 Å². The molecule has 1 saturated carbocycles. The van der Waals surface area contributed by atoms with Crippen molar-refractivity contribution in [2.24, 2.45) is 17.3 Å². The zero-order chi connectivity index (χ0) is 8.77. The maximum Gasteiger partial charge on any atom is 0.309 e. The van der Waals surface area contributed by atoms with Crippen molar-refractivity contribution in [3.8, 4) is 0 Å². The van der Waals surface area contributed by atoms with Crippen LogP contribution in [0.3, 0.4) is 0 Å². The van der Waals surface area contributed by atoms with Crippen LogP contribution in [0.15, 0.2) is 0 Å². The minimum absolute atomic E-state index is 0.0498. The lowest BCUT2D eigenvalue weighted by Gasteiger charge is -2.32. The summed E-state index contributed by atoms with van der Waals surface area (Å²) in [6.45, 7) is 5.02. The number of fused-ring (bicyclic) bond motifs is 1. The molecule has 0 amide bonds. The number of hydrogen-bond donors (Lipinski definition) is 0. The van der Waals surface area contributed by atoms with Crippen molar-refractivity contribution in [3.63, 3.8) is 0 Å². The van der Waals surface area contributed by atoms with Gasteiger partial charge in [0.1, 0.15) is 0 Å². The molecule has 0 aromatic heterocycles. The summed E-state index contributed by atoms with van der Waals surface area (Å²) in [5.41, 5.74) is 0.183. The molecule has 0 aromatic rings. The van der Waals surface area contributed by atoms with E-state index in [0.717, 1.165) is 6.42 Å². The SMILES string of the molecule is CC1(C)CCC2CCOC(=O)C21. The quantitative estimate of drug-likeness (QED) is 0.517. The van der Waals surface area contributed by atoms with Gasteiger partial charge in [-0.15, -0.1) is 0 Å². The van der Waals surface area contributed by atoms with Crippen molar-refractivity contribution in [1.29, 1.82) is 0 Å². The Hall–Kier alpha value is -0.530. The van der Waals surface area contributed by atoms with Crippen molar-refractivity contribution in [2.45, 2.75) is 33.1 Å². The third-order valence-corrected chi connectivity index (χ3v) is 3.46. The lowest BCUT2D eigenvalue weighted by atomic mass is 9.77. The van der Waals surface area contributed by atoms with Crippen LogP contribution in [-0.2, 0) is 9.53 Å². The summed E-state index contributed by atoms with van der Waals surface area (Å²) in [5.74, 6) is 0.848. The molecule has 2 aliphatic rings. The molecule has 2 rings (SSSR count). The Morgan fingerprint density at radius 3 is 2.83 bits per heavy atom. The summed E-state index contributed by atoms with van der Waals surface area (Å²) >= 11 is 0. The molecule has 2 fully saturated rings. The van der Waals surface area contributed by atoms with Crippen LogP contribution in [0.2, 0.25) is 0 Å². The molecule has 0 bridgehead atoms. The van der Waals surface area contributed by atoms with Crippen molar-refractivity contribution >= 4 is 5.97 Å². The predicted molar refractivity (Wildman–Crippen MR) is 45.6 cm³/mol. The van der Waals surface area contributed by atoms with E-state index in [1.54, 1.807) is 0 Å². The van der Waals surface area contributed by atoms with Gasteiger partial charge in [-0.05, 0) is 30.6 Å². The van der Waals surface area contributed by atoms with E-state index in [9.17, 15) is 4.79 Å². The van der Waals surface area contributed by atoms with Gasteiger partial charge >= 0.3 is 5.97 Å². The van der Waals surface area contributed by atoms with Crippen LogP contribution >= 0.6 is 0 Å². The molecule has 0 aromatic carbocycles. The van der Waals surface area contributed by atoms with E-state index in [4.69, 9.17) is 4.74 Å². The number of rotatable bonds is 0. The van der Waals surface area contributed by atoms with E-state index in [1.807, 2.05) is 0 Å². The minimum Gasteiger partial charge on any atom is -0.465 e. The maximum atomic E-state index is 11.5. The second-order valence-corrected chi connectivity index (χ2v) is 4.72. The zero-order valence-corrected chi connectivity index (χ0v) is 7.80. The van der Waals surface area contributed by atoms with Gasteiger partial charge in [0.25, 0.3) is 0 Å². The first-order valence-electron chi connectivity index (χ1n) is 4.78. The van der Waals surface area contributed by atoms with Gasteiger partial charge in [-0.3, -0.25) is 4.79 Å². The topological polar surface area (TPSA) is 26.3 Å². The van der Waals surface area contributed by atoms with Crippen LogP contribution in [0, 0.1) is 17.3 Å². The van der Waals surface area contributed by atoms with Gasteiger partial charge < -0.3 is 4.74 Å². The summed E-state index contributed by atoms with van der Waals surface area (Å²) in [5, 5.41) is 0. The summed E-state index contributed by atoms with van der Waals surface area (Å²) < 4.78 is 5.09. The van der Waals surface area contributed by atoms with Crippen molar-refractivity contribution in [1.82, 2.24) is 0 Å². The minimum atomic E-state index is 0.0498. The normalized spacial score (nSPS) is 39.0. The van der Waals surface area contributed by atoms with Gasteiger partial charge in [0.15, 0.2) is 0 Å². The largest absolute Gasteiger partial charge is 0.465 e. The highest BCUT2D eigenvalue weighted by Crippen LogP contribution is 2.49. The van der Waals surface area contributed by atoms with E-state index in [1.165, 1.54) is 12.8 Å². The first kappa shape index (κ1) is 8.09. The molecule has 0 spiro atoms. The van der Waals surface area contributed by atoms with Crippen LogP contribution in [0.4, 0.5) is 0 Å². The van der Waals surface area contributed by atoms with Gasteiger partial charge in [-0.1, -0.05) is 13.8 Å². The first-order chi connectivity index (χ1) is 5.61. The van der Waals surface area contributed by atoms with E-state index in [-0.39, 0.29) is 17.3 Å². The number of cyclic esters (lactones) is 1. The molecule has 1 heterocycles. The molecule has 68 valence electrons. The predicted octanol–water partition coefficient (Wildman–Crippen LogP) is 1.99. The third-order valence-electron chi connectivity index (χ3n) is 3.46. The Balaban J connectivity index is 2.23. The highest BCUT2D eigenvalue weighted by molar-refractivity contribution is 5.74. The number of esters is 1.